The number of terminal acetylenes is 1. The van der Waals surface area contributed by atoms with Crippen LogP contribution >= 0.6 is 0 Å². The highest BCUT2D eigenvalue weighted by Gasteiger charge is 2.12. The van der Waals surface area contributed by atoms with Crippen LogP contribution in [0.5, 0.6) is 0 Å². The second kappa shape index (κ2) is 8.73. The van der Waals surface area contributed by atoms with Crippen molar-refractivity contribution in [3.8, 4) is 12.3 Å². The van der Waals surface area contributed by atoms with Gasteiger partial charge in [0.1, 0.15) is 5.82 Å². The van der Waals surface area contributed by atoms with E-state index in [2.05, 4.69) is 17.3 Å². The molecule has 24 heavy (non-hydrogen) atoms. The Morgan fingerprint density at radius 3 is 2.62 bits per heavy atom. The third kappa shape index (κ3) is 5.44. The number of halogens is 1. The smallest absolute Gasteiger partial charge is 0.318 e. The number of hydrogen-bond donors (Lipinski definition) is 1. The van der Waals surface area contributed by atoms with Gasteiger partial charge in [0, 0.05) is 13.1 Å². The quantitative estimate of drug-likeness (QED) is 0.810. The summed E-state index contributed by atoms with van der Waals surface area (Å²) in [5.74, 6) is 2.19. The van der Waals surface area contributed by atoms with Gasteiger partial charge < -0.3 is 10.2 Å². The second-order valence-corrected chi connectivity index (χ2v) is 5.66. The summed E-state index contributed by atoms with van der Waals surface area (Å²) in [4.78, 5) is 13.8. The molecule has 0 saturated carbocycles. The first-order valence-corrected chi connectivity index (χ1v) is 7.84. The maximum atomic E-state index is 13.0. The van der Waals surface area contributed by atoms with E-state index in [0.29, 0.717) is 13.1 Å². The Balaban J connectivity index is 1.89. The molecule has 0 radical (unpaired) electrons. The van der Waals surface area contributed by atoms with E-state index in [-0.39, 0.29) is 18.4 Å². The maximum Gasteiger partial charge on any atom is 0.318 e. The van der Waals surface area contributed by atoms with E-state index < -0.39 is 0 Å². The summed E-state index contributed by atoms with van der Waals surface area (Å²) in [5.41, 5.74) is 3.21. The van der Waals surface area contributed by atoms with E-state index in [1.54, 1.807) is 12.1 Å². The largest absolute Gasteiger partial charge is 0.338 e. The van der Waals surface area contributed by atoms with Crippen molar-refractivity contribution in [3.05, 3.63) is 71.0 Å². The summed E-state index contributed by atoms with van der Waals surface area (Å²) in [6, 6.07) is 14.0. The van der Waals surface area contributed by atoms with Crippen LogP contribution in [0.3, 0.4) is 0 Å². The summed E-state index contributed by atoms with van der Waals surface area (Å²) in [6.07, 6.45) is 6.11. The molecule has 0 bridgehead atoms. The molecule has 2 rings (SSSR count). The number of hydrogen-bond acceptors (Lipinski definition) is 1. The van der Waals surface area contributed by atoms with Gasteiger partial charge in [0.05, 0.1) is 6.54 Å². The van der Waals surface area contributed by atoms with Gasteiger partial charge in [0.25, 0.3) is 0 Å². The van der Waals surface area contributed by atoms with Crippen LogP contribution in [0.1, 0.15) is 16.7 Å². The average molecular weight is 324 g/mol. The fraction of sp³-hybridized carbons (Fsp3) is 0.250. The SMILES string of the molecule is C#CCN(Cc1ccc(F)cc1)C(=O)NCCc1cccc(C)c1. The molecule has 3 nitrogen and oxygen atoms in total. The van der Waals surface area contributed by atoms with Crippen LogP contribution in [-0.4, -0.2) is 24.0 Å². The van der Waals surface area contributed by atoms with Gasteiger partial charge in [-0.3, -0.25) is 0 Å². The lowest BCUT2D eigenvalue weighted by Crippen LogP contribution is -2.40. The molecule has 2 aromatic rings. The van der Waals surface area contributed by atoms with E-state index in [0.717, 1.165) is 12.0 Å². The second-order valence-electron chi connectivity index (χ2n) is 5.66. The summed E-state index contributed by atoms with van der Waals surface area (Å²) < 4.78 is 13.0. The van der Waals surface area contributed by atoms with Gasteiger partial charge in [-0.2, -0.15) is 0 Å². The Labute approximate surface area is 142 Å². The van der Waals surface area contributed by atoms with Crippen molar-refractivity contribution in [3.63, 3.8) is 0 Å². The predicted octanol–water partition coefficient (Wildman–Crippen LogP) is 3.52. The number of nitrogens with zero attached hydrogens (tertiary/aromatic N) is 1. The van der Waals surface area contributed by atoms with Crippen molar-refractivity contribution < 1.29 is 9.18 Å². The van der Waals surface area contributed by atoms with Crippen molar-refractivity contribution in [2.45, 2.75) is 19.9 Å². The molecule has 0 fully saturated rings. The van der Waals surface area contributed by atoms with E-state index in [1.807, 2.05) is 25.1 Å². The number of rotatable bonds is 6. The number of amides is 2. The van der Waals surface area contributed by atoms with Crippen LogP contribution in [0.15, 0.2) is 48.5 Å². The first-order chi connectivity index (χ1) is 11.6. The molecular weight excluding hydrogens is 303 g/mol. The topological polar surface area (TPSA) is 32.3 Å². The number of urea groups is 1. The van der Waals surface area contributed by atoms with Crippen LogP contribution in [0.2, 0.25) is 0 Å². The standard InChI is InChI=1S/C20H21FN2O/c1-3-13-23(15-18-7-9-19(21)10-8-18)20(24)22-12-11-17-6-4-5-16(2)14-17/h1,4-10,14H,11-13,15H2,2H3,(H,22,24). The van der Waals surface area contributed by atoms with Crippen molar-refractivity contribution in [2.24, 2.45) is 0 Å². The lowest BCUT2D eigenvalue weighted by molar-refractivity contribution is 0.202. The normalized spacial score (nSPS) is 10.0. The molecule has 0 spiro atoms. The van der Waals surface area contributed by atoms with E-state index in [1.165, 1.54) is 28.2 Å². The van der Waals surface area contributed by atoms with Gasteiger partial charge in [-0.05, 0) is 36.6 Å². The molecule has 4 heteroatoms. The molecule has 2 aromatic carbocycles. The number of benzene rings is 2. The Bertz CT molecular complexity index is 719. The Morgan fingerprint density at radius 1 is 1.21 bits per heavy atom. The number of carbonyl (C=O) groups is 1. The molecule has 0 atom stereocenters. The number of carbonyl (C=O) groups excluding carboxylic acids is 1. The van der Waals surface area contributed by atoms with Crippen molar-refractivity contribution in [2.75, 3.05) is 13.1 Å². The summed E-state index contributed by atoms with van der Waals surface area (Å²) in [7, 11) is 0. The minimum absolute atomic E-state index is 0.202. The molecule has 1 N–H and O–H groups in total. The van der Waals surface area contributed by atoms with Gasteiger partial charge in [-0.25, -0.2) is 9.18 Å². The number of aryl methyl sites for hydroxylation is 1. The zero-order valence-electron chi connectivity index (χ0n) is 13.8. The molecule has 0 aliphatic heterocycles. The molecule has 0 aliphatic carbocycles. The zero-order chi connectivity index (χ0) is 17.4. The Morgan fingerprint density at radius 2 is 1.96 bits per heavy atom. The lowest BCUT2D eigenvalue weighted by atomic mass is 10.1. The fourth-order valence-corrected chi connectivity index (χ4v) is 2.41. The zero-order valence-corrected chi connectivity index (χ0v) is 13.8. The maximum absolute atomic E-state index is 13.0. The molecule has 0 aliphatic rings. The van der Waals surface area contributed by atoms with E-state index in [4.69, 9.17) is 6.42 Å². The first kappa shape index (κ1) is 17.6. The Kier molecular flexibility index (Phi) is 6.39. The average Bonchev–Trinajstić information content (AvgIpc) is 2.56. The van der Waals surface area contributed by atoms with Crippen LogP contribution < -0.4 is 5.32 Å². The van der Waals surface area contributed by atoms with E-state index in [9.17, 15) is 9.18 Å². The molecular formula is C20H21FN2O. The third-order valence-electron chi connectivity index (χ3n) is 3.63. The summed E-state index contributed by atoms with van der Waals surface area (Å²) >= 11 is 0. The highest BCUT2D eigenvalue weighted by atomic mass is 19.1. The van der Waals surface area contributed by atoms with Crippen LogP contribution in [0.25, 0.3) is 0 Å². The predicted molar refractivity (Wildman–Crippen MR) is 93.9 cm³/mol. The minimum atomic E-state index is -0.301. The molecule has 0 saturated heterocycles. The minimum Gasteiger partial charge on any atom is -0.338 e. The van der Waals surface area contributed by atoms with Crippen LogP contribution in [0, 0.1) is 25.1 Å². The summed E-state index contributed by atoms with van der Waals surface area (Å²) in [6.45, 7) is 3.13. The van der Waals surface area contributed by atoms with Crippen molar-refractivity contribution in [1.82, 2.24) is 10.2 Å². The Hall–Kier alpha value is -2.80. The lowest BCUT2D eigenvalue weighted by Gasteiger charge is -2.21. The monoisotopic (exact) mass is 324 g/mol. The first-order valence-electron chi connectivity index (χ1n) is 7.84. The third-order valence-corrected chi connectivity index (χ3v) is 3.63. The highest BCUT2D eigenvalue weighted by Crippen LogP contribution is 2.07. The highest BCUT2D eigenvalue weighted by molar-refractivity contribution is 5.74. The number of nitrogens with one attached hydrogen (secondary N) is 1. The van der Waals surface area contributed by atoms with Gasteiger partial charge >= 0.3 is 6.03 Å². The molecule has 124 valence electrons. The van der Waals surface area contributed by atoms with Gasteiger partial charge in [0.15, 0.2) is 0 Å². The molecule has 2 amide bonds. The molecule has 0 aromatic heterocycles. The van der Waals surface area contributed by atoms with Crippen molar-refractivity contribution >= 4 is 6.03 Å². The van der Waals surface area contributed by atoms with Gasteiger partial charge in [-0.15, -0.1) is 6.42 Å². The van der Waals surface area contributed by atoms with Gasteiger partial charge in [-0.1, -0.05) is 47.9 Å². The summed E-state index contributed by atoms with van der Waals surface area (Å²) in [5, 5.41) is 2.88. The van der Waals surface area contributed by atoms with Crippen LogP contribution in [0.4, 0.5) is 9.18 Å². The molecule has 0 unspecified atom stereocenters. The van der Waals surface area contributed by atoms with Crippen molar-refractivity contribution in [1.29, 1.82) is 0 Å². The van der Waals surface area contributed by atoms with E-state index >= 15 is 0 Å². The fourth-order valence-electron chi connectivity index (χ4n) is 2.41. The van der Waals surface area contributed by atoms with Gasteiger partial charge in [0.2, 0.25) is 0 Å². The molecule has 0 heterocycles. The van der Waals surface area contributed by atoms with Crippen LogP contribution in [-0.2, 0) is 13.0 Å².